The molecule has 0 aliphatic carbocycles. The first-order chi connectivity index (χ1) is 23.1. The van der Waals surface area contributed by atoms with Crippen molar-refractivity contribution in [3.8, 4) is 0 Å². The van der Waals surface area contributed by atoms with Gasteiger partial charge >= 0.3 is 0 Å². The lowest BCUT2D eigenvalue weighted by molar-refractivity contribution is -0.134. The molecule has 2 heterocycles. The predicted molar refractivity (Wildman–Crippen MR) is 170 cm³/mol. The fraction of sp³-hybridized carbons (Fsp3) is 0.677. The second-order valence-corrected chi connectivity index (χ2v) is 10.9. The molecule has 4 amide bonds. The maximum absolute atomic E-state index is 13.9. The van der Waals surface area contributed by atoms with Crippen molar-refractivity contribution in [2.45, 2.75) is 50.7 Å². The normalized spacial score (nSPS) is 15.9. The molecule has 0 saturated carbocycles. The second kappa shape index (κ2) is 22.8. The molecule has 2 atom stereocenters. The van der Waals surface area contributed by atoms with Crippen molar-refractivity contribution in [1.82, 2.24) is 25.8 Å². The largest absolute Gasteiger partial charge is 0.382 e. The number of carbonyl (C=O) groups excluding carboxylic acids is 4. The molecule has 0 bridgehead atoms. The molecule has 0 aromatic carbocycles. The van der Waals surface area contributed by atoms with Gasteiger partial charge in [-0.2, -0.15) is 0 Å². The van der Waals surface area contributed by atoms with Crippen molar-refractivity contribution in [3.63, 3.8) is 0 Å². The van der Waals surface area contributed by atoms with E-state index in [9.17, 15) is 28.0 Å². The number of pyridine rings is 1. The number of nitrogens with one attached hydrogen (secondary N) is 3. The Bertz CT molecular complexity index is 1160. The van der Waals surface area contributed by atoms with Crippen molar-refractivity contribution in [2.24, 2.45) is 4.99 Å². The molecule has 270 valence electrons. The molecule has 0 unspecified atom stereocenters. The maximum atomic E-state index is 13.9. The lowest BCUT2D eigenvalue weighted by atomic mass is 10.1. The zero-order chi connectivity index (χ0) is 35.2. The van der Waals surface area contributed by atoms with Crippen LogP contribution in [0.15, 0.2) is 23.3 Å². The van der Waals surface area contributed by atoms with E-state index >= 15 is 0 Å². The van der Waals surface area contributed by atoms with Crippen molar-refractivity contribution in [3.05, 3.63) is 29.6 Å². The molecule has 1 aliphatic rings. The minimum Gasteiger partial charge on any atom is -0.382 e. The highest BCUT2D eigenvalue weighted by molar-refractivity contribution is 5.97. The molecule has 2 rings (SSSR count). The van der Waals surface area contributed by atoms with E-state index in [1.807, 2.05) is 0 Å². The van der Waals surface area contributed by atoms with Gasteiger partial charge in [-0.1, -0.05) is 0 Å². The number of hydrogen-bond donors (Lipinski definition) is 3. The molecule has 1 fully saturated rings. The van der Waals surface area contributed by atoms with Crippen LogP contribution < -0.4 is 16.0 Å². The highest BCUT2D eigenvalue weighted by atomic mass is 19.3. The Morgan fingerprint density at radius 1 is 0.979 bits per heavy atom. The van der Waals surface area contributed by atoms with Gasteiger partial charge in [0.25, 0.3) is 11.8 Å². The number of likely N-dealkylation sites (tertiary alicyclic amines) is 1. The monoisotopic (exact) mass is 686 g/mol. The molecule has 1 aliphatic heterocycles. The van der Waals surface area contributed by atoms with E-state index in [0.29, 0.717) is 65.2 Å². The van der Waals surface area contributed by atoms with Crippen molar-refractivity contribution in [1.29, 1.82) is 0 Å². The molecular formula is C31H48F2N6O9. The van der Waals surface area contributed by atoms with Crippen molar-refractivity contribution in [2.75, 3.05) is 86.2 Å². The number of alkyl halides is 2. The third-order valence-corrected chi connectivity index (χ3v) is 6.96. The molecular weight excluding hydrogens is 638 g/mol. The van der Waals surface area contributed by atoms with E-state index in [2.05, 4.69) is 32.6 Å². The van der Waals surface area contributed by atoms with Crippen LogP contribution in [0.2, 0.25) is 0 Å². The minimum atomic E-state index is -3.04. The third kappa shape index (κ3) is 16.5. The first-order valence-electron chi connectivity index (χ1n) is 15.8. The number of aliphatic imine (C=N–C) groups is 1. The lowest BCUT2D eigenvalue weighted by Gasteiger charge is -2.26. The Balaban J connectivity index is 1.57. The zero-order valence-corrected chi connectivity index (χ0v) is 27.7. The summed E-state index contributed by atoms with van der Waals surface area (Å²) in [4.78, 5) is 58.7. The SMILES string of the molecule is C=NC[C@@H]1CC(F)(F)CN1C(=O)[C@@H](C)NC(=O)c1ccnc(CNC(=O)CCC(=O)NCCOCCOCCOCCOCCOC)c1. The van der Waals surface area contributed by atoms with E-state index in [1.54, 1.807) is 7.11 Å². The van der Waals surface area contributed by atoms with Gasteiger partial charge in [-0.3, -0.25) is 29.2 Å². The van der Waals surface area contributed by atoms with Crippen LogP contribution in [0.3, 0.4) is 0 Å². The molecule has 1 aromatic rings. The standard InChI is InChI=1S/C31H48F2N6O9/c1-23(30(43)39-22-31(32,33)19-26(39)21-34-2)38-29(42)24-6-7-35-25(18-24)20-37-28(41)5-4-27(40)36-8-9-45-12-13-47-16-17-48-15-14-46-11-10-44-3/h6-7,18,23,26H,2,4-5,8-17,19-22H2,1,3H3,(H,36,40)(H,37,41)(H,38,42)/t23-,26+/m1/s1. The first kappa shape index (κ1) is 40.5. The number of methoxy groups -OCH3 is 1. The average molecular weight is 687 g/mol. The summed E-state index contributed by atoms with van der Waals surface area (Å²) in [5.74, 6) is -4.98. The number of halogens is 2. The third-order valence-electron chi connectivity index (χ3n) is 6.96. The van der Waals surface area contributed by atoms with Crippen LogP contribution in [0.25, 0.3) is 0 Å². The summed E-state index contributed by atoms with van der Waals surface area (Å²) in [5.41, 5.74) is 0.537. The summed E-state index contributed by atoms with van der Waals surface area (Å²) in [5, 5.41) is 7.85. The van der Waals surface area contributed by atoms with Crippen LogP contribution in [0.1, 0.15) is 42.2 Å². The van der Waals surface area contributed by atoms with Gasteiger partial charge < -0.3 is 44.5 Å². The number of aromatic nitrogens is 1. The second-order valence-electron chi connectivity index (χ2n) is 10.9. The quantitative estimate of drug-likeness (QED) is 0.0961. The average Bonchev–Trinajstić information content (AvgIpc) is 3.37. The van der Waals surface area contributed by atoms with E-state index in [1.165, 1.54) is 25.3 Å². The fourth-order valence-electron chi connectivity index (χ4n) is 4.53. The predicted octanol–water partition coefficient (Wildman–Crippen LogP) is 0.362. The van der Waals surface area contributed by atoms with Gasteiger partial charge in [0.05, 0.1) is 90.8 Å². The van der Waals surface area contributed by atoms with E-state index in [4.69, 9.17) is 23.7 Å². The maximum Gasteiger partial charge on any atom is 0.267 e. The van der Waals surface area contributed by atoms with E-state index in [-0.39, 0.29) is 49.9 Å². The number of nitrogens with zero attached hydrogens (tertiary/aromatic N) is 3. The number of carbonyl (C=O) groups is 4. The van der Waals surface area contributed by atoms with Gasteiger partial charge in [-0.25, -0.2) is 8.78 Å². The smallest absolute Gasteiger partial charge is 0.267 e. The summed E-state index contributed by atoms with van der Waals surface area (Å²) >= 11 is 0. The van der Waals surface area contributed by atoms with Crippen LogP contribution in [0.5, 0.6) is 0 Å². The van der Waals surface area contributed by atoms with Gasteiger partial charge in [0, 0.05) is 44.7 Å². The highest BCUT2D eigenvalue weighted by Crippen LogP contribution is 2.32. The lowest BCUT2D eigenvalue weighted by Crippen LogP contribution is -2.49. The van der Waals surface area contributed by atoms with Gasteiger partial charge in [0.2, 0.25) is 17.7 Å². The Morgan fingerprint density at radius 3 is 2.17 bits per heavy atom. The van der Waals surface area contributed by atoms with Gasteiger partial charge in [0.15, 0.2) is 0 Å². The summed E-state index contributed by atoms with van der Waals surface area (Å²) in [6.07, 6.45) is 0.774. The van der Waals surface area contributed by atoms with Crippen LogP contribution in [-0.2, 0) is 44.6 Å². The number of rotatable bonds is 25. The summed E-state index contributed by atoms with van der Waals surface area (Å²) < 4.78 is 54.2. The molecule has 0 radical (unpaired) electrons. The first-order valence-corrected chi connectivity index (χ1v) is 15.8. The zero-order valence-electron chi connectivity index (χ0n) is 27.7. The van der Waals surface area contributed by atoms with Crippen LogP contribution >= 0.6 is 0 Å². The molecule has 3 N–H and O–H groups in total. The fourth-order valence-corrected chi connectivity index (χ4v) is 4.53. The summed E-state index contributed by atoms with van der Waals surface area (Å²) in [6.45, 7) is 8.23. The van der Waals surface area contributed by atoms with E-state index < -0.39 is 42.8 Å². The summed E-state index contributed by atoms with van der Waals surface area (Å²) in [6, 6.07) is 1.000. The number of amides is 4. The van der Waals surface area contributed by atoms with Crippen LogP contribution in [-0.4, -0.2) is 144 Å². The molecule has 48 heavy (non-hydrogen) atoms. The van der Waals surface area contributed by atoms with Gasteiger partial charge in [0.1, 0.15) is 6.04 Å². The van der Waals surface area contributed by atoms with Gasteiger partial charge in [-0.15, -0.1) is 0 Å². The van der Waals surface area contributed by atoms with E-state index in [0.717, 1.165) is 4.90 Å². The molecule has 15 nitrogen and oxygen atoms in total. The topological polar surface area (TPSA) is 179 Å². The Kier molecular flexibility index (Phi) is 19.3. The molecule has 0 spiro atoms. The number of ether oxygens (including phenoxy) is 5. The minimum absolute atomic E-state index is 0.000480. The van der Waals surface area contributed by atoms with Crippen molar-refractivity contribution >= 4 is 30.3 Å². The molecule has 1 aromatic heterocycles. The van der Waals surface area contributed by atoms with Crippen LogP contribution in [0.4, 0.5) is 8.78 Å². The summed E-state index contributed by atoms with van der Waals surface area (Å²) in [7, 11) is 1.61. The Hall–Kier alpha value is -3.64. The number of hydrogen-bond acceptors (Lipinski definition) is 11. The van der Waals surface area contributed by atoms with Crippen molar-refractivity contribution < 1.29 is 51.6 Å². The molecule has 1 saturated heterocycles. The Morgan fingerprint density at radius 2 is 1.56 bits per heavy atom. The molecule has 17 heteroatoms. The van der Waals surface area contributed by atoms with Crippen LogP contribution in [0, 0.1) is 0 Å². The Labute approximate surface area is 279 Å². The van der Waals surface area contributed by atoms with Gasteiger partial charge in [-0.05, 0) is 25.8 Å². The highest BCUT2D eigenvalue weighted by Gasteiger charge is 2.47.